The normalized spacial score (nSPS) is 10.7. The maximum absolute atomic E-state index is 11.0. The number of hydrogen-bond donors (Lipinski definition) is 3. The molecule has 6 heteroatoms. The van der Waals surface area contributed by atoms with E-state index in [1.54, 1.807) is 18.2 Å². The summed E-state index contributed by atoms with van der Waals surface area (Å²) in [5.74, 6) is -0.903. The largest absolute Gasteiger partial charge is 0.506 e. The molecule has 0 amide bonds. The van der Waals surface area contributed by atoms with E-state index in [1.165, 1.54) is 6.07 Å². The smallest absolute Gasteiger partial charge is 0.309 e. The van der Waals surface area contributed by atoms with Crippen molar-refractivity contribution in [3.8, 4) is 5.75 Å². The van der Waals surface area contributed by atoms with E-state index >= 15 is 0 Å². The maximum atomic E-state index is 11.0. The Labute approximate surface area is 137 Å². The van der Waals surface area contributed by atoms with Crippen molar-refractivity contribution in [3.05, 3.63) is 59.2 Å². The third-order valence-electron chi connectivity index (χ3n) is 3.33. The van der Waals surface area contributed by atoms with E-state index in [9.17, 15) is 9.90 Å². The molecule has 116 valence electrons. The minimum absolute atomic E-state index is 0.0510. The molecule has 23 heavy (non-hydrogen) atoms. The highest BCUT2D eigenvalue weighted by Gasteiger charge is 2.10. The monoisotopic (exact) mass is 328 g/mol. The highest BCUT2D eigenvalue weighted by Crippen LogP contribution is 2.32. The summed E-state index contributed by atoms with van der Waals surface area (Å²) in [5.41, 5.74) is 2.20. The van der Waals surface area contributed by atoms with Crippen LogP contribution in [-0.4, -0.2) is 21.2 Å². The van der Waals surface area contributed by atoms with Gasteiger partial charge in [0, 0.05) is 16.1 Å². The van der Waals surface area contributed by atoms with Gasteiger partial charge in [-0.25, -0.2) is 0 Å². The highest BCUT2D eigenvalue weighted by atomic mass is 35.5. The minimum atomic E-state index is -0.954. The average Bonchev–Trinajstić information content (AvgIpc) is 2.50. The molecule has 0 aliphatic rings. The first-order valence-electron chi connectivity index (χ1n) is 6.89. The fraction of sp³-hybridized carbons (Fsp3) is 0.0588. The lowest BCUT2D eigenvalue weighted by atomic mass is 10.1. The number of nitrogens with one attached hydrogen (secondary N) is 1. The van der Waals surface area contributed by atoms with Crippen molar-refractivity contribution in [2.24, 2.45) is 0 Å². The van der Waals surface area contributed by atoms with Gasteiger partial charge in [-0.05, 0) is 30.3 Å². The molecule has 0 aliphatic carbocycles. The molecule has 0 aliphatic heterocycles. The van der Waals surface area contributed by atoms with E-state index in [2.05, 4.69) is 10.3 Å². The van der Waals surface area contributed by atoms with Crippen LogP contribution in [0.4, 0.5) is 11.4 Å². The Kier molecular flexibility index (Phi) is 4.04. The van der Waals surface area contributed by atoms with Gasteiger partial charge in [0.05, 0.1) is 23.3 Å². The van der Waals surface area contributed by atoms with Crippen molar-refractivity contribution >= 4 is 39.8 Å². The van der Waals surface area contributed by atoms with Crippen LogP contribution in [0, 0.1) is 0 Å². The van der Waals surface area contributed by atoms with Crippen molar-refractivity contribution in [2.45, 2.75) is 6.42 Å². The Morgan fingerprint density at radius 2 is 1.91 bits per heavy atom. The van der Waals surface area contributed by atoms with Crippen LogP contribution in [0.1, 0.15) is 5.69 Å². The first-order valence-corrected chi connectivity index (χ1v) is 7.27. The van der Waals surface area contributed by atoms with E-state index < -0.39 is 5.97 Å². The number of fused-ring (bicyclic) bond motifs is 1. The summed E-state index contributed by atoms with van der Waals surface area (Å²) in [6.45, 7) is 0. The Hall–Kier alpha value is -2.79. The molecular formula is C17H13ClN2O3. The number of pyridine rings is 1. The zero-order chi connectivity index (χ0) is 16.4. The predicted octanol–water partition coefficient (Wildman–Crippen LogP) is 3.96. The number of rotatable bonds is 4. The van der Waals surface area contributed by atoms with Crippen molar-refractivity contribution < 1.29 is 15.0 Å². The number of carboxylic acids is 1. The second kappa shape index (κ2) is 6.14. The molecule has 0 saturated carbocycles. The molecule has 0 atom stereocenters. The lowest BCUT2D eigenvalue weighted by Crippen LogP contribution is -2.04. The molecule has 2 aromatic carbocycles. The van der Waals surface area contributed by atoms with E-state index in [1.807, 2.05) is 24.3 Å². The van der Waals surface area contributed by atoms with Crippen LogP contribution in [0.15, 0.2) is 48.5 Å². The van der Waals surface area contributed by atoms with Crippen LogP contribution in [-0.2, 0) is 11.2 Å². The number of carbonyl (C=O) groups is 1. The molecular weight excluding hydrogens is 316 g/mol. The molecule has 0 unspecified atom stereocenters. The highest BCUT2D eigenvalue weighted by molar-refractivity contribution is 6.31. The number of halogens is 1. The van der Waals surface area contributed by atoms with Crippen LogP contribution in [0.2, 0.25) is 5.02 Å². The Bertz CT molecular complexity index is 896. The molecule has 3 N–H and O–H groups in total. The van der Waals surface area contributed by atoms with Gasteiger partial charge in [-0.15, -0.1) is 0 Å². The van der Waals surface area contributed by atoms with Gasteiger partial charge >= 0.3 is 5.97 Å². The van der Waals surface area contributed by atoms with Gasteiger partial charge in [-0.1, -0.05) is 29.8 Å². The second-order valence-corrected chi connectivity index (χ2v) is 5.47. The number of anilines is 2. The number of hydrogen-bond acceptors (Lipinski definition) is 4. The molecule has 0 radical (unpaired) electrons. The quantitative estimate of drug-likeness (QED) is 0.631. The van der Waals surface area contributed by atoms with Crippen LogP contribution < -0.4 is 5.32 Å². The zero-order valence-electron chi connectivity index (χ0n) is 12.0. The molecule has 0 bridgehead atoms. The number of aromatic nitrogens is 1. The molecule has 0 fully saturated rings. The molecule has 0 saturated heterocycles. The lowest BCUT2D eigenvalue weighted by molar-refractivity contribution is -0.136. The SMILES string of the molecule is O=C(O)Cc1cc(Nc2cc(Cl)ccc2O)c2ccccc2n1. The first-order chi connectivity index (χ1) is 11.0. The summed E-state index contributed by atoms with van der Waals surface area (Å²) < 4.78 is 0. The second-order valence-electron chi connectivity index (χ2n) is 5.04. The van der Waals surface area contributed by atoms with Gasteiger partial charge in [0.2, 0.25) is 0 Å². The summed E-state index contributed by atoms with van der Waals surface area (Å²) in [4.78, 5) is 15.3. The Morgan fingerprint density at radius 1 is 1.13 bits per heavy atom. The van der Waals surface area contributed by atoms with Gasteiger partial charge < -0.3 is 15.5 Å². The first kappa shape index (κ1) is 15.1. The average molecular weight is 329 g/mol. The number of nitrogens with zero attached hydrogens (tertiary/aromatic N) is 1. The van der Waals surface area contributed by atoms with Gasteiger partial charge in [0.1, 0.15) is 5.75 Å². The number of aromatic hydroxyl groups is 1. The standard InChI is InChI=1S/C17H13ClN2O3/c18-10-5-6-16(21)15(7-10)20-14-8-11(9-17(22)23)19-13-4-2-1-3-12(13)14/h1-8,21H,9H2,(H,19,20)(H,22,23). The third-order valence-corrected chi connectivity index (χ3v) is 3.56. The number of benzene rings is 2. The van der Waals surface area contributed by atoms with Gasteiger partial charge in [0.25, 0.3) is 0 Å². The topological polar surface area (TPSA) is 82.5 Å². The van der Waals surface area contributed by atoms with Crippen molar-refractivity contribution in [1.82, 2.24) is 4.98 Å². The lowest BCUT2D eigenvalue weighted by Gasteiger charge is -2.13. The molecule has 0 spiro atoms. The van der Waals surface area contributed by atoms with Crippen LogP contribution in [0.25, 0.3) is 10.9 Å². The van der Waals surface area contributed by atoms with Crippen LogP contribution in [0.3, 0.4) is 0 Å². The Balaban J connectivity index is 2.11. The number of phenols is 1. The molecule has 5 nitrogen and oxygen atoms in total. The van der Waals surface area contributed by atoms with Crippen molar-refractivity contribution in [2.75, 3.05) is 5.32 Å². The van der Waals surface area contributed by atoms with E-state index in [-0.39, 0.29) is 12.2 Å². The predicted molar refractivity (Wildman–Crippen MR) is 89.5 cm³/mol. The summed E-state index contributed by atoms with van der Waals surface area (Å²) in [6.07, 6.45) is -0.180. The molecule has 1 heterocycles. The van der Waals surface area contributed by atoms with Crippen molar-refractivity contribution in [1.29, 1.82) is 0 Å². The maximum Gasteiger partial charge on any atom is 0.309 e. The molecule has 3 aromatic rings. The van der Waals surface area contributed by atoms with Crippen molar-refractivity contribution in [3.63, 3.8) is 0 Å². The fourth-order valence-corrected chi connectivity index (χ4v) is 2.50. The summed E-state index contributed by atoms with van der Waals surface area (Å²) in [5, 5.41) is 23.3. The number of carboxylic acid groups (broad SMARTS) is 1. The zero-order valence-corrected chi connectivity index (χ0v) is 12.7. The number of aliphatic carboxylic acids is 1. The Morgan fingerprint density at radius 3 is 2.70 bits per heavy atom. The van der Waals surface area contributed by atoms with E-state index in [0.717, 1.165) is 5.39 Å². The van der Waals surface area contributed by atoms with Crippen LogP contribution in [0.5, 0.6) is 5.75 Å². The van der Waals surface area contributed by atoms with E-state index in [0.29, 0.717) is 27.6 Å². The van der Waals surface area contributed by atoms with Crippen LogP contribution >= 0.6 is 11.6 Å². The third kappa shape index (κ3) is 3.35. The summed E-state index contributed by atoms with van der Waals surface area (Å²) in [6, 6.07) is 13.7. The number of para-hydroxylation sites is 1. The molecule has 3 rings (SSSR count). The van der Waals surface area contributed by atoms with Gasteiger partial charge in [0.15, 0.2) is 0 Å². The fourth-order valence-electron chi connectivity index (χ4n) is 2.33. The number of phenolic OH excluding ortho intramolecular Hbond substituents is 1. The van der Waals surface area contributed by atoms with Gasteiger partial charge in [-0.3, -0.25) is 9.78 Å². The summed E-state index contributed by atoms with van der Waals surface area (Å²) in [7, 11) is 0. The van der Waals surface area contributed by atoms with Gasteiger partial charge in [-0.2, -0.15) is 0 Å². The molecule has 1 aromatic heterocycles. The summed E-state index contributed by atoms with van der Waals surface area (Å²) >= 11 is 5.96. The minimum Gasteiger partial charge on any atom is -0.506 e. The van der Waals surface area contributed by atoms with E-state index in [4.69, 9.17) is 16.7 Å².